The summed E-state index contributed by atoms with van der Waals surface area (Å²) in [6, 6.07) is 17.7. The highest BCUT2D eigenvalue weighted by atomic mass is 35.5. The number of aryl methyl sites for hydroxylation is 2. The molecule has 2 aromatic heterocycles. The van der Waals surface area contributed by atoms with Gasteiger partial charge >= 0.3 is 0 Å². The molecule has 0 saturated carbocycles. The number of hydrogen-bond donors (Lipinski definition) is 1. The van der Waals surface area contributed by atoms with Gasteiger partial charge in [0.1, 0.15) is 6.54 Å². The van der Waals surface area contributed by atoms with Crippen LogP contribution >= 0.6 is 11.6 Å². The summed E-state index contributed by atoms with van der Waals surface area (Å²) in [5.74, 6) is -0.0670. The SMILES string of the molecule is Cc1c2cnn(CC(=O)NC[C@@H](C)c3ccccc3)c(=O)c2c(C)n1Cc1ccccc1Cl. The molecule has 1 amide bonds. The van der Waals surface area contributed by atoms with Crippen LogP contribution in [0.5, 0.6) is 0 Å². The second kappa shape index (κ2) is 9.63. The number of halogens is 1. The first-order valence-corrected chi connectivity index (χ1v) is 11.3. The molecule has 0 fully saturated rings. The van der Waals surface area contributed by atoms with Crippen molar-refractivity contribution in [3.8, 4) is 0 Å². The van der Waals surface area contributed by atoms with Crippen molar-refractivity contribution in [1.82, 2.24) is 19.7 Å². The van der Waals surface area contributed by atoms with Crippen LogP contribution in [0.2, 0.25) is 5.02 Å². The normalized spacial score (nSPS) is 12.1. The van der Waals surface area contributed by atoms with Gasteiger partial charge in [0.05, 0.1) is 11.6 Å². The van der Waals surface area contributed by atoms with E-state index < -0.39 is 0 Å². The maximum Gasteiger partial charge on any atom is 0.276 e. The molecule has 0 aliphatic rings. The van der Waals surface area contributed by atoms with E-state index in [1.54, 1.807) is 6.20 Å². The average Bonchev–Trinajstić information content (AvgIpc) is 3.06. The monoisotopic (exact) mass is 462 g/mol. The first-order chi connectivity index (χ1) is 15.9. The highest BCUT2D eigenvalue weighted by Gasteiger charge is 2.18. The minimum atomic E-state index is -0.266. The lowest BCUT2D eigenvalue weighted by atomic mass is 10.0. The number of aromatic nitrogens is 3. The second-order valence-corrected chi connectivity index (χ2v) is 8.77. The number of nitrogens with one attached hydrogen (secondary N) is 1. The summed E-state index contributed by atoms with van der Waals surface area (Å²) in [7, 11) is 0. The van der Waals surface area contributed by atoms with E-state index >= 15 is 0 Å². The largest absolute Gasteiger partial charge is 0.354 e. The summed E-state index contributed by atoms with van der Waals surface area (Å²) in [5, 5.41) is 9.25. The molecule has 7 heteroatoms. The van der Waals surface area contributed by atoms with Crippen LogP contribution in [0.3, 0.4) is 0 Å². The summed E-state index contributed by atoms with van der Waals surface area (Å²) in [5.41, 5.74) is 3.64. The highest BCUT2D eigenvalue weighted by Crippen LogP contribution is 2.25. The smallest absolute Gasteiger partial charge is 0.276 e. The van der Waals surface area contributed by atoms with Crippen molar-refractivity contribution in [2.75, 3.05) is 6.54 Å². The summed E-state index contributed by atoms with van der Waals surface area (Å²) in [4.78, 5) is 25.8. The van der Waals surface area contributed by atoms with Crippen molar-refractivity contribution in [2.45, 2.75) is 39.8 Å². The van der Waals surface area contributed by atoms with Gasteiger partial charge in [-0.25, -0.2) is 4.68 Å². The molecular formula is C26H27ClN4O2. The lowest BCUT2D eigenvalue weighted by Crippen LogP contribution is -2.35. The molecule has 0 bridgehead atoms. The van der Waals surface area contributed by atoms with Crippen LogP contribution in [0.4, 0.5) is 0 Å². The van der Waals surface area contributed by atoms with Gasteiger partial charge in [-0.3, -0.25) is 9.59 Å². The Morgan fingerprint density at radius 1 is 1.06 bits per heavy atom. The summed E-state index contributed by atoms with van der Waals surface area (Å²) in [6.07, 6.45) is 1.67. The van der Waals surface area contributed by atoms with Crippen molar-refractivity contribution in [3.63, 3.8) is 0 Å². The molecule has 2 heterocycles. The molecule has 1 N–H and O–H groups in total. The van der Waals surface area contributed by atoms with Gasteiger partial charge in [-0.1, -0.05) is 67.1 Å². The molecule has 170 valence electrons. The summed E-state index contributed by atoms with van der Waals surface area (Å²) in [6.45, 7) is 6.87. The third kappa shape index (κ3) is 4.71. The van der Waals surface area contributed by atoms with Crippen LogP contribution in [0.15, 0.2) is 65.6 Å². The highest BCUT2D eigenvalue weighted by molar-refractivity contribution is 6.31. The zero-order chi connectivity index (χ0) is 23.5. The number of benzene rings is 2. The van der Waals surface area contributed by atoms with Crippen molar-refractivity contribution in [2.24, 2.45) is 0 Å². The van der Waals surface area contributed by atoms with Crippen LogP contribution in [-0.2, 0) is 17.9 Å². The van der Waals surface area contributed by atoms with Crippen LogP contribution < -0.4 is 10.9 Å². The summed E-state index contributed by atoms with van der Waals surface area (Å²) < 4.78 is 3.30. The number of nitrogens with zero attached hydrogens (tertiary/aromatic N) is 3. The van der Waals surface area contributed by atoms with E-state index in [1.165, 1.54) is 4.68 Å². The van der Waals surface area contributed by atoms with Crippen LogP contribution in [0, 0.1) is 13.8 Å². The van der Waals surface area contributed by atoms with Gasteiger partial charge in [-0.15, -0.1) is 0 Å². The topological polar surface area (TPSA) is 68.9 Å². The van der Waals surface area contributed by atoms with Gasteiger partial charge in [-0.05, 0) is 37.0 Å². The van der Waals surface area contributed by atoms with E-state index in [9.17, 15) is 9.59 Å². The van der Waals surface area contributed by atoms with E-state index in [-0.39, 0.29) is 23.9 Å². The number of carbonyl (C=O) groups excluding carboxylic acids is 1. The molecule has 6 nitrogen and oxygen atoms in total. The summed E-state index contributed by atoms with van der Waals surface area (Å²) >= 11 is 6.35. The van der Waals surface area contributed by atoms with Crippen LogP contribution in [0.25, 0.3) is 10.8 Å². The quantitative estimate of drug-likeness (QED) is 0.441. The molecule has 0 saturated heterocycles. The Kier molecular flexibility index (Phi) is 6.65. The molecule has 0 aliphatic carbocycles. The molecule has 0 aliphatic heterocycles. The van der Waals surface area contributed by atoms with Gasteiger partial charge in [0.25, 0.3) is 5.56 Å². The molecule has 33 heavy (non-hydrogen) atoms. The number of amides is 1. The molecule has 0 spiro atoms. The molecule has 4 rings (SSSR count). The van der Waals surface area contributed by atoms with Gasteiger partial charge in [-0.2, -0.15) is 5.10 Å². The van der Waals surface area contributed by atoms with Crippen LogP contribution in [0.1, 0.15) is 35.4 Å². The van der Waals surface area contributed by atoms with Crippen LogP contribution in [-0.4, -0.2) is 26.8 Å². The standard InChI is InChI=1S/C26H27ClN4O2/c1-17(20-9-5-4-6-10-20)13-28-24(32)16-31-26(33)25-19(3)30(18(2)22(25)14-29-31)15-21-11-7-8-12-23(21)27/h4-12,14,17H,13,15-16H2,1-3H3,(H,28,32)/t17-/m1/s1. The molecular weight excluding hydrogens is 436 g/mol. The molecule has 2 aromatic carbocycles. The molecule has 0 unspecified atom stereocenters. The predicted octanol–water partition coefficient (Wildman–Crippen LogP) is 4.44. The third-order valence-electron chi connectivity index (χ3n) is 6.16. The fraction of sp³-hybridized carbons (Fsp3) is 0.269. The Labute approximate surface area is 197 Å². The van der Waals surface area contributed by atoms with Crippen molar-refractivity contribution < 1.29 is 4.79 Å². The number of carbonyl (C=O) groups is 1. The second-order valence-electron chi connectivity index (χ2n) is 8.36. The Balaban J connectivity index is 1.54. The third-order valence-corrected chi connectivity index (χ3v) is 6.53. The first kappa shape index (κ1) is 22.8. The Hall–Kier alpha value is -3.38. The maximum atomic E-state index is 13.2. The van der Waals surface area contributed by atoms with Crippen molar-refractivity contribution in [3.05, 3.63) is 98.7 Å². The first-order valence-electron chi connectivity index (χ1n) is 11.0. The molecule has 0 radical (unpaired) electrons. The maximum absolute atomic E-state index is 13.2. The van der Waals surface area contributed by atoms with E-state index in [0.29, 0.717) is 23.5 Å². The molecule has 1 atom stereocenters. The fourth-order valence-corrected chi connectivity index (χ4v) is 4.35. The zero-order valence-corrected chi connectivity index (χ0v) is 19.8. The van der Waals surface area contributed by atoms with Gasteiger partial charge in [0.2, 0.25) is 5.91 Å². The van der Waals surface area contributed by atoms with Gasteiger partial charge in [0.15, 0.2) is 0 Å². The Bertz CT molecular complexity index is 1360. The Morgan fingerprint density at radius 3 is 2.48 bits per heavy atom. The lowest BCUT2D eigenvalue weighted by Gasteiger charge is -2.13. The van der Waals surface area contributed by atoms with E-state index in [4.69, 9.17) is 11.6 Å². The zero-order valence-electron chi connectivity index (χ0n) is 19.0. The number of fused-ring (bicyclic) bond motifs is 1. The Morgan fingerprint density at radius 2 is 1.76 bits per heavy atom. The predicted molar refractivity (Wildman–Crippen MR) is 132 cm³/mol. The molecule has 4 aromatic rings. The van der Waals surface area contributed by atoms with Crippen molar-refractivity contribution >= 4 is 28.3 Å². The van der Waals surface area contributed by atoms with E-state index in [2.05, 4.69) is 21.9 Å². The van der Waals surface area contributed by atoms with Crippen molar-refractivity contribution in [1.29, 1.82) is 0 Å². The minimum Gasteiger partial charge on any atom is -0.354 e. The van der Waals surface area contributed by atoms with E-state index in [0.717, 1.165) is 27.9 Å². The number of hydrogen-bond acceptors (Lipinski definition) is 3. The van der Waals surface area contributed by atoms with Gasteiger partial charge in [0, 0.05) is 34.9 Å². The minimum absolute atomic E-state index is 0.121. The fourth-order valence-electron chi connectivity index (χ4n) is 4.15. The van der Waals surface area contributed by atoms with E-state index in [1.807, 2.05) is 68.4 Å². The average molecular weight is 463 g/mol. The van der Waals surface area contributed by atoms with Gasteiger partial charge < -0.3 is 9.88 Å². The number of rotatable bonds is 7. The lowest BCUT2D eigenvalue weighted by molar-refractivity contribution is -0.121.